The van der Waals surface area contributed by atoms with Crippen LogP contribution in [-0.2, 0) is 13.0 Å². The van der Waals surface area contributed by atoms with Crippen LogP contribution in [0.25, 0.3) is 11.0 Å². The highest BCUT2D eigenvalue weighted by Gasteiger charge is 2.11. The fourth-order valence-electron chi connectivity index (χ4n) is 2.63. The third-order valence-corrected chi connectivity index (χ3v) is 3.81. The molecule has 0 saturated carbocycles. The maximum absolute atomic E-state index is 13.4. The van der Waals surface area contributed by atoms with Gasteiger partial charge in [0.2, 0.25) is 0 Å². The Kier molecular flexibility index (Phi) is 4.20. The molecule has 4 heteroatoms. The first-order valence-electron chi connectivity index (χ1n) is 7.48. The number of hydrogen-bond acceptors (Lipinski definition) is 2. The van der Waals surface area contributed by atoms with Crippen molar-refractivity contribution in [2.24, 2.45) is 0 Å². The van der Waals surface area contributed by atoms with Crippen molar-refractivity contribution < 1.29 is 9.50 Å². The molecule has 0 atom stereocenters. The monoisotopic (exact) mass is 298 g/mol. The molecule has 1 aromatic heterocycles. The lowest BCUT2D eigenvalue weighted by Crippen LogP contribution is -2.06. The zero-order valence-corrected chi connectivity index (χ0v) is 12.6. The third kappa shape index (κ3) is 3.02. The van der Waals surface area contributed by atoms with Crippen LogP contribution in [0.3, 0.4) is 0 Å². The van der Waals surface area contributed by atoms with Gasteiger partial charge in [-0.25, -0.2) is 9.37 Å². The Hall–Kier alpha value is -2.20. The summed E-state index contributed by atoms with van der Waals surface area (Å²) in [6.45, 7) is 2.89. The van der Waals surface area contributed by atoms with Gasteiger partial charge in [-0.2, -0.15) is 0 Å². The number of rotatable bonds is 5. The lowest BCUT2D eigenvalue weighted by atomic mass is 10.1. The van der Waals surface area contributed by atoms with Crippen LogP contribution in [0.4, 0.5) is 4.39 Å². The summed E-state index contributed by atoms with van der Waals surface area (Å²) in [4.78, 5) is 4.54. The van der Waals surface area contributed by atoms with Gasteiger partial charge in [0.25, 0.3) is 0 Å². The van der Waals surface area contributed by atoms with Gasteiger partial charge in [-0.3, -0.25) is 0 Å². The number of aliphatic hydroxyl groups excluding tert-OH is 1. The van der Waals surface area contributed by atoms with Crippen LogP contribution in [0, 0.1) is 12.7 Å². The van der Waals surface area contributed by atoms with Crippen molar-refractivity contribution in [3.63, 3.8) is 0 Å². The van der Waals surface area contributed by atoms with E-state index in [-0.39, 0.29) is 12.4 Å². The number of imidazole rings is 1. The molecular weight excluding hydrogens is 279 g/mol. The Bertz CT molecular complexity index is 778. The fourth-order valence-corrected chi connectivity index (χ4v) is 2.63. The van der Waals surface area contributed by atoms with Crippen LogP contribution in [-0.4, -0.2) is 21.3 Å². The van der Waals surface area contributed by atoms with E-state index in [0.717, 1.165) is 11.3 Å². The molecule has 1 heterocycles. The molecule has 0 aliphatic heterocycles. The molecule has 0 bridgehead atoms. The second kappa shape index (κ2) is 6.28. The smallest absolute Gasteiger partial charge is 0.125 e. The molecule has 0 unspecified atom stereocenters. The van der Waals surface area contributed by atoms with Crippen molar-refractivity contribution >= 4 is 11.0 Å². The molecule has 0 saturated heterocycles. The summed E-state index contributed by atoms with van der Waals surface area (Å²) in [6, 6.07) is 13.1. The lowest BCUT2D eigenvalue weighted by Gasteiger charge is -2.09. The zero-order chi connectivity index (χ0) is 15.5. The van der Waals surface area contributed by atoms with Crippen LogP contribution in [0.5, 0.6) is 0 Å². The summed E-state index contributed by atoms with van der Waals surface area (Å²) in [5, 5.41) is 9.06. The highest BCUT2D eigenvalue weighted by Crippen LogP contribution is 2.20. The molecule has 3 nitrogen and oxygen atoms in total. The molecule has 114 valence electrons. The van der Waals surface area contributed by atoms with Crippen LogP contribution in [0.2, 0.25) is 0 Å². The zero-order valence-electron chi connectivity index (χ0n) is 12.6. The Morgan fingerprint density at radius 3 is 2.64 bits per heavy atom. The lowest BCUT2D eigenvalue weighted by molar-refractivity contribution is 0.287. The molecule has 0 aliphatic carbocycles. The quantitative estimate of drug-likeness (QED) is 0.783. The Morgan fingerprint density at radius 1 is 1.14 bits per heavy atom. The molecule has 0 spiro atoms. The number of aromatic nitrogens is 2. The second-order valence-electron chi connectivity index (χ2n) is 5.56. The van der Waals surface area contributed by atoms with Crippen LogP contribution in [0.1, 0.15) is 23.4 Å². The minimum absolute atomic E-state index is 0.127. The summed E-state index contributed by atoms with van der Waals surface area (Å²) in [7, 11) is 0. The molecule has 0 radical (unpaired) electrons. The van der Waals surface area contributed by atoms with Crippen molar-refractivity contribution in [3.8, 4) is 0 Å². The third-order valence-electron chi connectivity index (χ3n) is 3.81. The number of nitrogens with zero attached hydrogens (tertiary/aromatic N) is 2. The molecule has 0 aliphatic rings. The van der Waals surface area contributed by atoms with Crippen molar-refractivity contribution in [3.05, 3.63) is 65.2 Å². The standard InChI is InChI=1S/C18H19FN2O/c1-13-4-6-14(7-5-13)12-21-17-9-8-15(19)11-16(17)20-18(21)3-2-10-22/h4-9,11,22H,2-3,10,12H2,1H3. The van der Waals surface area contributed by atoms with E-state index in [1.165, 1.54) is 23.3 Å². The van der Waals surface area contributed by atoms with Gasteiger partial charge < -0.3 is 9.67 Å². The number of aryl methyl sites for hydroxylation is 2. The van der Waals surface area contributed by atoms with Crippen molar-refractivity contribution in [2.75, 3.05) is 6.61 Å². The molecule has 3 rings (SSSR count). The summed E-state index contributed by atoms with van der Waals surface area (Å²) in [5.41, 5.74) is 4.00. The molecule has 2 aromatic carbocycles. The minimum Gasteiger partial charge on any atom is -0.396 e. The van der Waals surface area contributed by atoms with Crippen LogP contribution >= 0.6 is 0 Å². The Morgan fingerprint density at radius 2 is 1.91 bits per heavy atom. The predicted molar refractivity (Wildman–Crippen MR) is 85.4 cm³/mol. The number of benzene rings is 2. The average molecular weight is 298 g/mol. The number of aliphatic hydroxyl groups is 1. The minimum atomic E-state index is -0.277. The molecule has 0 amide bonds. The molecule has 22 heavy (non-hydrogen) atoms. The van der Waals surface area contributed by atoms with Gasteiger partial charge in [0.1, 0.15) is 11.6 Å². The highest BCUT2D eigenvalue weighted by atomic mass is 19.1. The van der Waals surface area contributed by atoms with Crippen molar-refractivity contribution in [1.29, 1.82) is 0 Å². The predicted octanol–water partition coefficient (Wildman–Crippen LogP) is 3.46. The van der Waals surface area contributed by atoms with E-state index < -0.39 is 0 Å². The maximum atomic E-state index is 13.4. The van der Waals surface area contributed by atoms with Gasteiger partial charge in [0.05, 0.1) is 11.0 Å². The summed E-state index contributed by atoms with van der Waals surface area (Å²) in [6.07, 6.45) is 1.33. The highest BCUT2D eigenvalue weighted by molar-refractivity contribution is 5.76. The first kappa shape index (κ1) is 14.7. The number of hydrogen-bond donors (Lipinski definition) is 1. The van der Waals surface area contributed by atoms with Crippen LogP contribution in [0.15, 0.2) is 42.5 Å². The van der Waals surface area contributed by atoms with Gasteiger partial charge >= 0.3 is 0 Å². The number of fused-ring (bicyclic) bond motifs is 1. The molecule has 0 fully saturated rings. The van der Waals surface area contributed by atoms with Crippen molar-refractivity contribution in [1.82, 2.24) is 9.55 Å². The Labute approximate surface area is 129 Å². The maximum Gasteiger partial charge on any atom is 0.125 e. The van der Waals surface area contributed by atoms with Crippen LogP contribution < -0.4 is 0 Å². The molecule has 1 N–H and O–H groups in total. The number of halogens is 1. The summed E-state index contributed by atoms with van der Waals surface area (Å²) >= 11 is 0. The van der Waals surface area contributed by atoms with E-state index in [4.69, 9.17) is 5.11 Å². The van der Waals surface area contributed by atoms with E-state index in [9.17, 15) is 4.39 Å². The van der Waals surface area contributed by atoms with E-state index >= 15 is 0 Å². The van der Waals surface area contributed by atoms with Gasteiger partial charge in [-0.1, -0.05) is 29.8 Å². The van der Waals surface area contributed by atoms with Crippen molar-refractivity contribution in [2.45, 2.75) is 26.3 Å². The van der Waals surface area contributed by atoms with Gasteiger partial charge in [-0.05, 0) is 31.0 Å². The summed E-state index contributed by atoms with van der Waals surface area (Å²) < 4.78 is 15.5. The second-order valence-corrected chi connectivity index (χ2v) is 5.56. The molecular formula is C18H19FN2O. The van der Waals surface area contributed by atoms with Gasteiger partial charge in [0.15, 0.2) is 0 Å². The van der Waals surface area contributed by atoms with E-state index in [2.05, 4.69) is 40.7 Å². The summed E-state index contributed by atoms with van der Waals surface area (Å²) in [5.74, 6) is 0.608. The van der Waals surface area contributed by atoms with Gasteiger partial charge in [-0.15, -0.1) is 0 Å². The largest absolute Gasteiger partial charge is 0.396 e. The fraction of sp³-hybridized carbons (Fsp3) is 0.278. The first-order valence-corrected chi connectivity index (χ1v) is 7.48. The molecule has 3 aromatic rings. The van der Waals surface area contributed by atoms with E-state index in [1.54, 1.807) is 6.07 Å². The van der Waals surface area contributed by atoms with E-state index in [1.807, 2.05) is 0 Å². The van der Waals surface area contributed by atoms with Gasteiger partial charge in [0, 0.05) is 25.6 Å². The first-order chi connectivity index (χ1) is 10.7. The normalized spacial score (nSPS) is 11.2. The Balaban J connectivity index is 2.02. The average Bonchev–Trinajstić information content (AvgIpc) is 2.84. The topological polar surface area (TPSA) is 38.0 Å². The van der Waals surface area contributed by atoms with E-state index in [0.29, 0.717) is 24.9 Å². The SMILES string of the molecule is Cc1ccc(Cn2c(CCCO)nc3cc(F)ccc32)cc1.